The van der Waals surface area contributed by atoms with Crippen LogP contribution in [0.1, 0.15) is 51.9 Å². The summed E-state index contributed by atoms with van der Waals surface area (Å²) in [6.45, 7) is 7.00. The molecule has 2 atom stereocenters. The zero-order valence-corrected chi connectivity index (χ0v) is 15.6. The van der Waals surface area contributed by atoms with Crippen LogP contribution in [0.4, 0.5) is 0 Å². The van der Waals surface area contributed by atoms with Crippen molar-refractivity contribution in [3.63, 3.8) is 0 Å². The summed E-state index contributed by atoms with van der Waals surface area (Å²) >= 11 is 0. The number of nitrogens with zero attached hydrogens (tertiary/aromatic N) is 2. The SMILES string of the molecule is CC1(N)CCCCC1C(=O)NCCN1CCN(C(=O)C2CCC2)CC1. The Labute approximate surface area is 151 Å². The van der Waals surface area contributed by atoms with Gasteiger partial charge < -0.3 is 16.0 Å². The van der Waals surface area contributed by atoms with E-state index in [0.717, 1.165) is 71.2 Å². The van der Waals surface area contributed by atoms with E-state index >= 15 is 0 Å². The van der Waals surface area contributed by atoms with Crippen LogP contribution in [0.3, 0.4) is 0 Å². The van der Waals surface area contributed by atoms with Crippen LogP contribution in [0, 0.1) is 11.8 Å². The Kier molecular flexibility index (Phi) is 6.00. The van der Waals surface area contributed by atoms with Gasteiger partial charge in [0, 0.05) is 50.7 Å². The first kappa shape index (κ1) is 18.6. The smallest absolute Gasteiger partial charge is 0.225 e. The van der Waals surface area contributed by atoms with E-state index in [4.69, 9.17) is 5.73 Å². The summed E-state index contributed by atoms with van der Waals surface area (Å²) in [7, 11) is 0. The molecule has 142 valence electrons. The monoisotopic (exact) mass is 350 g/mol. The van der Waals surface area contributed by atoms with Gasteiger partial charge in [-0.3, -0.25) is 14.5 Å². The standard InChI is InChI=1S/C19H34N4O2/c1-19(20)8-3-2-7-16(19)17(24)21-9-10-22-11-13-23(14-12-22)18(25)15-5-4-6-15/h15-16H,2-14,20H2,1H3,(H,21,24). The van der Waals surface area contributed by atoms with E-state index in [2.05, 4.69) is 10.2 Å². The fourth-order valence-electron chi connectivity index (χ4n) is 4.35. The van der Waals surface area contributed by atoms with Gasteiger partial charge in [0.25, 0.3) is 0 Å². The number of hydrogen-bond acceptors (Lipinski definition) is 4. The molecule has 25 heavy (non-hydrogen) atoms. The first-order valence-corrected chi connectivity index (χ1v) is 10.0. The third kappa shape index (κ3) is 4.53. The van der Waals surface area contributed by atoms with Crippen molar-refractivity contribution in [3.05, 3.63) is 0 Å². The topological polar surface area (TPSA) is 78.7 Å². The van der Waals surface area contributed by atoms with Crippen LogP contribution in [0.25, 0.3) is 0 Å². The second-order valence-electron chi connectivity index (χ2n) is 8.39. The summed E-state index contributed by atoms with van der Waals surface area (Å²) in [5, 5.41) is 3.08. The quantitative estimate of drug-likeness (QED) is 0.774. The fraction of sp³-hybridized carbons (Fsp3) is 0.895. The van der Waals surface area contributed by atoms with E-state index < -0.39 is 0 Å². The number of rotatable bonds is 5. The second-order valence-corrected chi connectivity index (χ2v) is 8.39. The highest BCUT2D eigenvalue weighted by Gasteiger charge is 2.37. The summed E-state index contributed by atoms with van der Waals surface area (Å²) in [4.78, 5) is 29.1. The second kappa shape index (κ2) is 8.04. The number of amides is 2. The fourth-order valence-corrected chi connectivity index (χ4v) is 4.35. The average molecular weight is 351 g/mol. The van der Waals surface area contributed by atoms with E-state index in [1.807, 2.05) is 11.8 Å². The molecule has 0 aromatic carbocycles. The van der Waals surface area contributed by atoms with Crippen LogP contribution in [-0.4, -0.2) is 66.4 Å². The molecule has 0 spiro atoms. The highest BCUT2D eigenvalue weighted by molar-refractivity contribution is 5.80. The van der Waals surface area contributed by atoms with Gasteiger partial charge in [-0.05, 0) is 32.6 Å². The molecule has 0 aromatic rings. The number of nitrogens with two attached hydrogens (primary N) is 1. The van der Waals surface area contributed by atoms with Crippen molar-refractivity contribution >= 4 is 11.8 Å². The van der Waals surface area contributed by atoms with Crippen molar-refractivity contribution < 1.29 is 9.59 Å². The predicted octanol–water partition coefficient (Wildman–Crippen LogP) is 0.955. The maximum absolute atomic E-state index is 12.4. The summed E-state index contributed by atoms with van der Waals surface area (Å²) in [5.74, 6) is 0.715. The van der Waals surface area contributed by atoms with Crippen LogP contribution >= 0.6 is 0 Å². The number of carbonyl (C=O) groups excluding carboxylic acids is 2. The van der Waals surface area contributed by atoms with Crippen molar-refractivity contribution in [2.45, 2.75) is 57.4 Å². The van der Waals surface area contributed by atoms with E-state index in [9.17, 15) is 9.59 Å². The van der Waals surface area contributed by atoms with E-state index in [1.54, 1.807) is 0 Å². The van der Waals surface area contributed by atoms with E-state index in [0.29, 0.717) is 18.4 Å². The number of piperazine rings is 1. The van der Waals surface area contributed by atoms with Crippen LogP contribution in [-0.2, 0) is 9.59 Å². The van der Waals surface area contributed by atoms with Gasteiger partial charge in [0.15, 0.2) is 0 Å². The largest absolute Gasteiger partial charge is 0.355 e. The Morgan fingerprint density at radius 2 is 1.80 bits per heavy atom. The van der Waals surface area contributed by atoms with Crippen molar-refractivity contribution in [3.8, 4) is 0 Å². The van der Waals surface area contributed by atoms with Gasteiger partial charge in [0.05, 0.1) is 5.92 Å². The molecule has 1 heterocycles. The summed E-state index contributed by atoms with van der Waals surface area (Å²) < 4.78 is 0. The minimum atomic E-state index is -0.365. The Morgan fingerprint density at radius 3 is 2.40 bits per heavy atom. The van der Waals surface area contributed by atoms with Crippen LogP contribution < -0.4 is 11.1 Å². The molecule has 0 radical (unpaired) electrons. The van der Waals surface area contributed by atoms with Crippen molar-refractivity contribution in [2.75, 3.05) is 39.3 Å². The summed E-state index contributed by atoms with van der Waals surface area (Å²) in [6.07, 6.45) is 7.42. The molecular formula is C19H34N4O2. The molecule has 2 saturated carbocycles. The van der Waals surface area contributed by atoms with Gasteiger partial charge in [-0.2, -0.15) is 0 Å². The lowest BCUT2D eigenvalue weighted by molar-refractivity contribution is -0.139. The van der Waals surface area contributed by atoms with Gasteiger partial charge in [0.1, 0.15) is 0 Å². The maximum atomic E-state index is 12.4. The zero-order chi connectivity index (χ0) is 17.9. The van der Waals surface area contributed by atoms with Crippen molar-refractivity contribution in [2.24, 2.45) is 17.6 Å². The molecule has 3 aliphatic rings. The van der Waals surface area contributed by atoms with Gasteiger partial charge in [-0.15, -0.1) is 0 Å². The van der Waals surface area contributed by atoms with Crippen LogP contribution in [0.5, 0.6) is 0 Å². The van der Waals surface area contributed by atoms with Gasteiger partial charge in [-0.1, -0.05) is 19.3 Å². The minimum absolute atomic E-state index is 0.0572. The number of nitrogens with one attached hydrogen (secondary N) is 1. The first-order valence-electron chi connectivity index (χ1n) is 10.0. The zero-order valence-electron chi connectivity index (χ0n) is 15.6. The van der Waals surface area contributed by atoms with Crippen molar-refractivity contribution in [1.29, 1.82) is 0 Å². The molecule has 1 aliphatic heterocycles. The molecule has 2 unspecified atom stereocenters. The molecule has 3 rings (SSSR count). The third-order valence-electron chi connectivity index (χ3n) is 6.44. The van der Waals surface area contributed by atoms with E-state index in [-0.39, 0.29) is 17.4 Å². The molecule has 0 aromatic heterocycles. The Morgan fingerprint density at radius 1 is 1.08 bits per heavy atom. The molecular weight excluding hydrogens is 316 g/mol. The Bertz CT molecular complexity index is 482. The van der Waals surface area contributed by atoms with Gasteiger partial charge in [-0.25, -0.2) is 0 Å². The molecule has 3 fully saturated rings. The van der Waals surface area contributed by atoms with Gasteiger partial charge >= 0.3 is 0 Å². The molecule has 1 saturated heterocycles. The van der Waals surface area contributed by atoms with Crippen molar-refractivity contribution in [1.82, 2.24) is 15.1 Å². The molecule has 2 amide bonds. The Balaban J connectivity index is 1.34. The highest BCUT2D eigenvalue weighted by atomic mass is 16.2. The van der Waals surface area contributed by atoms with Crippen LogP contribution in [0.15, 0.2) is 0 Å². The number of carbonyl (C=O) groups is 2. The summed E-state index contributed by atoms with van der Waals surface area (Å²) in [5.41, 5.74) is 5.95. The lowest BCUT2D eigenvalue weighted by Gasteiger charge is -2.39. The average Bonchev–Trinajstić information content (AvgIpc) is 2.53. The maximum Gasteiger partial charge on any atom is 0.225 e. The highest BCUT2D eigenvalue weighted by Crippen LogP contribution is 2.31. The minimum Gasteiger partial charge on any atom is -0.355 e. The molecule has 6 nitrogen and oxygen atoms in total. The van der Waals surface area contributed by atoms with E-state index in [1.165, 1.54) is 6.42 Å². The van der Waals surface area contributed by atoms with Crippen LogP contribution in [0.2, 0.25) is 0 Å². The lowest BCUT2D eigenvalue weighted by atomic mass is 9.74. The van der Waals surface area contributed by atoms with Gasteiger partial charge in [0.2, 0.25) is 11.8 Å². The molecule has 2 aliphatic carbocycles. The first-order chi connectivity index (χ1) is 12.0. The lowest BCUT2D eigenvalue weighted by Crippen LogP contribution is -2.54. The predicted molar refractivity (Wildman–Crippen MR) is 97.9 cm³/mol. The molecule has 0 bridgehead atoms. The third-order valence-corrected chi connectivity index (χ3v) is 6.44. The number of hydrogen-bond donors (Lipinski definition) is 2. The Hall–Kier alpha value is -1.14. The molecule has 6 heteroatoms. The summed E-state index contributed by atoms with van der Waals surface area (Å²) in [6, 6.07) is 0. The normalized spacial score (nSPS) is 31.4. The molecule has 3 N–H and O–H groups in total.